The van der Waals surface area contributed by atoms with Crippen LogP contribution in [0.2, 0.25) is 10.0 Å². The Hall–Kier alpha value is -1.91. The molecular weight excluding hydrogens is 349 g/mol. The largest absolute Gasteiger partial charge is 0.495 e. The van der Waals surface area contributed by atoms with Crippen molar-refractivity contribution in [3.63, 3.8) is 0 Å². The molecule has 0 saturated heterocycles. The second-order valence-electron chi connectivity index (χ2n) is 5.76. The standard InChI is InChI=1S/C18H17Cl2NO3/c1-10-5-15(17(23-2)8-14(10)20)21-18(22)12-6-11-7-13(19)3-4-16(11)24-9-12/h3-5,7-8,12H,6,9H2,1-2H3,(H,21,22). The summed E-state index contributed by atoms with van der Waals surface area (Å²) in [7, 11) is 1.54. The van der Waals surface area contributed by atoms with E-state index in [-0.39, 0.29) is 11.8 Å². The Bertz CT molecular complexity index is 792. The first-order valence-corrected chi connectivity index (χ1v) is 8.29. The zero-order chi connectivity index (χ0) is 17.3. The van der Waals surface area contributed by atoms with Crippen LogP contribution in [0.4, 0.5) is 5.69 Å². The highest BCUT2D eigenvalue weighted by Gasteiger charge is 2.27. The summed E-state index contributed by atoms with van der Waals surface area (Å²) in [6.45, 7) is 2.20. The van der Waals surface area contributed by atoms with E-state index in [0.717, 1.165) is 16.9 Å². The molecule has 0 aromatic heterocycles. The number of ether oxygens (including phenoxy) is 2. The number of amides is 1. The highest BCUT2D eigenvalue weighted by atomic mass is 35.5. The summed E-state index contributed by atoms with van der Waals surface area (Å²) in [6.07, 6.45) is 0.580. The van der Waals surface area contributed by atoms with Crippen LogP contribution in [0.5, 0.6) is 11.5 Å². The fourth-order valence-electron chi connectivity index (χ4n) is 2.70. The third-order valence-electron chi connectivity index (χ3n) is 4.04. The molecule has 2 aromatic carbocycles. The molecule has 1 atom stereocenters. The molecule has 1 amide bonds. The quantitative estimate of drug-likeness (QED) is 0.870. The van der Waals surface area contributed by atoms with E-state index in [0.29, 0.717) is 34.5 Å². The number of hydrogen-bond donors (Lipinski definition) is 1. The minimum Gasteiger partial charge on any atom is -0.495 e. The Balaban J connectivity index is 1.78. The first-order valence-electron chi connectivity index (χ1n) is 7.54. The third-order valence-corrected chi connectivity index (χ3v) is 4.68. The van der Waals surface area contributed by atoms with Gasteiger partial charge < -0.3 is 14.8 Å². The molecule has 0 saturated carbocycles. The molecule has 0 bridgehead atoms. The van der Waals surface area contributed by atoms with Crippen LogP contribution in [0.15, 0.2) is 30.3 Å². The lowest BCUT2D eigenvalue weighted by atomic mass is 9.96. The van der Waals surface area contributed by atoms with Gasteiger partial charge >= 0.3 is 0 Å². The van der Waals surface area contributed by atoms with Crippen molar-refractivity contribution in [2.75, 3.05) is 19.0 Å². The molecule has 0 radical (unpaired) electrons. The van der Waals surface area contributed by atoms with Crippen LogP contribution in [0.25, 0.3) is 0 Å². The highest BCUT2D eigenvalue weighted by Crippen LogP contribution is 2.33. The van der Waals surface area contributed by atoms with Gasteiger partial charge in [-0.25, -0.2) is 0 Å². The van der Waals surface area contributed by atoms with Crippen LogP contribution in [-0.2, 0) is 11.2 Å². The molecule has 1 unspecified atom stereocenters. The zero-order valence-corrected chi connectivity index (χ0v) is 14.9. The molecule has 0 spiro atoms. The van der Waals surface area contributed by atoms with Crippen molar-refractivity contribution in [1.29, 1.82) is 0 Å². The van der Waals surface area contributed by atoms with Gasteiger partial charge in [0.15, 0.2) is 0 Å². The summed E-state index contributed by atoms with van der Waals surface area (Å²) in [6, 6.07) is 8.94. The molecule has 24 heavy (non-hydrogen) atoms. The number of benzene rings is 2. The topological polar surface area (TPSA) is 47.6 Å². The van der Waals surface area contributed by atoms with Crippen molar-refractivity contribution in [3.8, 4) is 11.5 Å². The van der Waals surface area contributed by atoms with Gasteiger partial charge in [-0.05, 0) is 48.7 Å². The smallest absolute Gasteiger partial charge is 0.231 e. The summed E-state index contributed by atoms with van der Waals surface area (Å²) in [5.41, 5.74) is 2.40. The van der Waals surface area contributed by atoms with Crippen LogP contribution in [0.3, 0.4) is 0 Å². The van der Waals surface area contributed by atoms with Crippen molar-refractivity contribution in [3.05, 3.63) is 51.5 Å². The van der Waals surface area contributed by atoms with E-state index in [1.165, 1.54) is 0 Å². The van der Waals surface area contributed by atoms with Gasteiger partial charge in [0.05, 0.1) is 18.7 Å². The van der Waals surface area contributed by atoms with Crippen LogP contribution in [0.1, 0.15) is 11.1 Å². The maximum absolute atomic E-state index is 12.6. The number of fused-ring (bicyclic) bond motifs is 1. The molecule has 1 aliphatic heterocycles. The summed E-state index contributed by atoms with van der Waals surface area (Å²) in [5.74, 6) is 0.889. The number of anilines is 1. The fourth-order valence-corrected chi connectivity index (χ4v) is 3.04. The van der Waals surface area contributed by atoms with Crippen molar-refractivity contribution in [1.82, 2.24) is 0 Å². The Kier molecular flexibility index (Phi) is 4.88. The predicted molar refractivity (Wildman–Crippen MR) is 95.5 cm³/mol. The number of aryl methyl sites for hydroxylation is 1. The monoisotopic (exact) mass is 365 g/mol. The van der Waals surface area contributed by atoms with Crippen LogP contribution < -0.4 is 14.8 Å². The van der Waals surface area contributed by atoms with E-state index in [2.05, 4.69) is 5.32 Å². The number of carbonyl (C=O) groups is 1. The van der Waals surface area contributed by atoms with E-state index >= 15 is 0 Å². The first kappa shape index (κ1) is 16.9. The molecule has 126 valence electrons. The molecule has 1 aliphatic rings. The van der Waals surface area contributed by atoms with E-state index in [9.17, 15) is 4.79 Å². The fraction of sp³-hybridized carbons (Fsp3) is 0.278. The van der Waals surface area contributed by atoms with Crippen LogP contribution in [-0.4, -0.2) is 19.6 Å². The Morgan fingerprint density at radius 2 is 2.08 bits per heavy atom. The summed E-state index contributed by atoms with van der Waals surface area (Å²) in [4.78, 5) is 12.6. The first-order chi connectivity index (χ1) is 11.5. The van der Waals surface area contributed by atoms with Crippen LogP contribution >= 0.6 is 23.2 Å². The average molecular weight is 366 g/mol. The second-order valence-corrected chi connectivity index (χ2v) is 6.60. The maximum Gasteiger partial charge on any atom is 0.231 e. The van der Waals surface area contributed by atoms with Crippen molar-refractivity contribution in [2.45, 2.75) is 13.3 Å². The lowest BCUT2D eigenvalue weighted by Crippen LogP contribution is -2.32. The van der Waals surface area contributed by atoms with E-state index in [4.69, 9.17) is 32.7 Å². The number of rotatable bonds is 3. The highest BCUT2D eigenvalue weighted by molar-refractivity contribution is 6.31. The number of carbonyl (C=O) groups excluding carboxylic acids is 1. The number of nitrogens with one attached hydrogen (secondary N) is 1. The summed E-state index contributed by atoms with van der Waals surface area (Å²) >= 11 is 12.1. The number of hydrogen-bond acceptors (Lipinski definition) is 3. The minimum atomic E-state index is -0.295. The van der Waals surface area contributed by atoms with Crippen LogP contribution in [0, 0.1) is 12.8 Å². The molecular formula is C18H17Cl2NO3. The Labute approximate surface area is 150 Å². The Morgan fingerprint density at radius 1 is 1.29 bits per heavy atom. The van der Waals surface area contributed by atoms with E-state index in [1.807, 2.05) is 19.1 Å². The second kappa shape index (κ2) is 6.91. The molecule has 2 aromatic rings. The van der Waals surface area contributed by atoms with E-state index in [1.54, 1.807) is 25.3 Å². The molecule has 1 N–H and O–H groups in total. The van der Waals surface area contributed by atoms with Gasteiger partial charge in [-0.15, -0.1) is 0 Å². The molecule has 0 fully saturated rings. The summed E-state index contributed by atoms with van der Waals surface area (Å²) < 4.78 is 11.0. The molecule has 4 nitrogen and oxygen atoms in total. The molecule has 0 aliphatic carbocycles. The zero-order valence-electron chi connectivity index (χ0n) is 13.4. The number of methoxy groups -OCH3 is 1. The molecule has 6 heteroatoms. The molecule has 1 heterocycles. The van der Waals surface area contributed by atoms with Gasteiger partial charge in [-0.2, -0.15) is 0 Å². The minimum absolute atomic E-state index is 0.124. The number of halogens is 2. The van der Waals surface area contributed by atoms with Gasteiger partial charge in [-0.1, -0.05) is 23.2 Å². The lowest BCUT2D eigenvalue weighted by molar-refractivity contribution is -0.121. The van der Waals surface area contributed by atoms with Gasteiger partial charge in [0.2, 0.25) is 5.91 Å². The lowest BCUT2D eigenvalue weighted by Gasteiger charge is -2.25. The van der Waals surface area contributed by atoms with Gasteiger partial charge in [0, 0.05) is 16.1 Å². The van der Waals surface area contributed by atoms with Crippen molar-refractivity contribution in [2.24, 2.45) is 5.92 Å². The van der Waals surface area contributed by atoms with Gasteiger partial charge in [0.25, 0.3) is 0 Å². The average Bonchev–Trinajstić information content (AvgIpc) is 2.57. The normalized spacial score (nSPS) is 16.1. The SMILES string of the molecule is COc1cc(Cl)c(C)cc1NC(=O)C1COc2ccc(Cl)cc2C1. The maximum atomic E-state index is 12.6. The van der Waals surface area contributed by atoms with E-state index < -0.39 is 0 Å². The van der Waals surface area contributed by atoms with Crippen molar-refractivity contribution >= 4 is 34.8 Å². The van der Waals surface area contributed by atoms with Gasteiger partial charge in [-0.3, -0.25) is 4.79 Å². The third kappa shape index (κ3) is 3.45. The predicted octanol–water partition coefficient (Wildman–Crippen LogP) is 4.50. The molecule has 3 rings (SSSR count). The Morgan fingerprint density at radius 3 is 2.83 bits per heavy atom. The van der Waals surface area contributed by atoms with Crippen molar-refractivity contribution < 1.29 is 14.3 Å². The summed E-state index contributed by atoms with van der Waals surface area (Å²) in [5, 5.41) is 4.13. The van der Waals surface area contributed by atoms with Gasteiger partial charge in [0.1, 0.15) is 18.1 Å².